The Morgan fingerprint density at radius 1 is 1.14 bits per heavy atom. The van der Waals surface area contributed by atoms with E-state index in [2.05, 4.69) is 17.0 Å². The fourth-order valence-electron chi connectivity index (χ4n) is 4.13. The number of aliphatic hydroxyl groups is 1. The van der Waals surface area contributed by atoms with Gasteiger partial charge in [-0.3, -0.25) is 4.90 Å². The van der Waals surface area contributed by atoms with Gasteiger partial charge in [0.1, 0.15) is 0 Å². The highest BCUT2D eigenvalue weighted by Gasteiger charge is 2.36. The molecule has 2 aliphatic rings. The minimum atomic E-state index is -0.425. The maximum atomic E-state index is 10.5. The third kappa shape index (κ3) is 3.65. The van der Waals surface area contributed by atoms with E-state index in [-0.39, 0.29) is 6.04 Å². The molecule has 2 fully saturated rings. The van der Waals surface area contributed by atoms with Crippen LogP contribution in [0, 0.1) is 5.92 Å². The van der Waals surface area contributed by atoms with Crippen LogP contribution in [0.3, 0.4) is 0 Å². The molecule has 0 bridgehead atoms. The van der Waals surface area contributed by atoms with E-state index in [1.807, 2.05) is 18.2 Å². The molecule has 3 heteroatoms. The first-order chi connectivity index (χ1) is 10.2. The zero-order valence-corrected chi connectivity index (χ0v) is 12.8. The van der Waals surface area contributed by atoms with E-state index in [0.29, 0.717) is 6.04 Å². The van der Waals surface area contributed by atoms with Crippen LogP contribution in [0.25, 0.3) is 0 Å². The number of rotatable bonds is 5. The number of nitrogens with two attached hydrogens (primary N) is 1. The number of benzene rings is 1. The first-order valence-electron chi connectivity index (χ1n) is 8.45. The molecule has 0 amide bonds. The molecule has 1 aromatic rings. The van der Waals surface area contributed by atoms with E-state index < -0.39 is 6.10 Å². The number of hydrogen-bond donors (Lipinski definition) is 2. The van der Waals surface area contributed by atoms with Crippen molar-refractivity contribution in [3.05, 3.63) is 35.9 Å². The average Bonchev–Trinajstić information content (AvgIpc) is 2.91. The van der Waals surface area contributed by atoms with Crippen molar-refractivity contribution in [1.29, 1.82) is 0 Å². The molecule has 116 valence electrons. The van der Waals surface area contributed by atoms with Crippen LogP contribution in [0.5, 0.6) is 0 Å². The van der Waals surface area contributed by atoms with Crippen molar-refractivity contribution in [1.82, 2.24) is 4.90 Å². The summed E-state index contributed by atoms with van der Waals surface area (Å²) >= 11 is 0. The largest absolute Gasteiger partial charge is 0.390 e. The SMILES string of the molecule is NC(Cc1ccccc1)C(O)CN1CCC2CCCCC21. The summed E-state index contributed by atoms with van der Waals surface area (Å²) in [7, 11) is 0. The van der Waals surface area contributed by atoms with Gasteiger partial charge >= 0.3 is 0 Å². The number of nitrogens with zero attached hydrogens (tertiary/aromatic N) is 1. The Bertz CT molecular complexity index is 436. The molecular weight excluding hydrogens is 260 g/mol. The van der Waals surface area contributed by atoms with Crippen molar-refractivity contribution in [2.45, 2.75) is 56.7 Å². The number of hydrogen-bond acceptors (Lipinski definition) is 3. The highest BCUT2D eigenvalue weighted by Crippen LogP contribution is 2.36. The molecule has 0 aromatic heterocycles. The van der Waals surface area contributed by atoms with Crippen LogP contribution in [-0.2, 0) is 6.42 Å². The van der Waals surface area contributed by atoms with Gasteiger partial charge in [0.25, 0.3) is 0 Å². The lowest BCUT2D eigenvalue weighted by Gasteiger charge is -2.34. The molecule has 21 heavy (non-hydrogen) atoms. The molecule has 1 aliphatic carbocycles. The third-order valence-electron chi connectivity index (χ3n) is 5.36. The molecule has 1 saturated heterocycles. The van der Waals surface area contributed by atoms with Gasteiger partial charge in [-0.05, 0) is 43.7 Å². The Morgan fingerprint density at radius 2 is 1.90 bits per heavy atom. The van der Waals surface area contributed by atoms with Gasteiger partial charge in [-0.25, -0.2) is 0 Å². The molecule has 3 nitrogen and oxygen atoms in total. The van der Waals surface area contributed by atoms with Gasteiger partial charge in [-0.2, -0.15) is 0 Å². The normalized spacial score (nSPS) is 29.0. The van der Waals surface area contributed by atoms with Gasteiger partial charge in [0, 0.05) is 18.6 Å². The summed E-state index contributed by atoms with van der Waals surface area (Å²) in [6, 6.07) is 10.8. The van der Waals surface area contributed by atoms with Gasteiger partial charge in [0.15, 0.2) is 0 Å². The topological polar surface area (TPSA) is 49.5 Å². The van der Waals surface area contributed by atoms with Crippen LogP contribution >= 0.6 is 0 Å². The highest BCUT2D eigenvalue weighted by atomic mass is 16.3. The molecular formula is C18H28N2O. The molecule has 0 radical (unpaired) electrons. The Kier molecular flexibility index (Phi) is 4.94. The van der Waals surface area contributed by atoms with Gasteiger partial charge in [0.05, 0.1) is 6.10 Å². The number of β-amino-alcohol motifs (C(OH)–C–C–N with tert-alkyl or cyclic N) is 1. The van der Waals surface area contributed by atoms with Crippen molar-refractivity contribution in [2.24, 2.45) is 11.7 Å². The fraction of sp³-hybridized carbons (Fsp3) is 0.667. The average molecular weight is 288 g/mol. The number of aliphatic hydroxyl groups excluding tert-OH is 1. The summed E-state index contributed by atoms with van der Waals surface area (Å²) in [4.78, 5) is 2.50. The van der Waals surface area contributed by atoms with Crippen LogP contribution in [0.4, 0.5) is 0 Å². The Labute approximate surface area is 128 Å². The first-order valence-corrected chi connectivity index (χ1v) is 8.45. The van der Waals surface area contributed by atoms with Crippen LogP contribution in [0.2, 0.25) is 0 Å². The Morgan fingerprint density at radius 3 is 2.71 bits per heavy atom. The molecule has 0 spiro atoms. The maximum absolute atomic E-state index is 10.5. The predicted molar refractivity (Wildman–Crippen MR) is 86.1 cm³/mol. The summed E-state index contributed by atoms with van der Waals surface area (Å²) in [5, 5.41) is 10.5. The van der Waals surface area contributed by atoms with Gasteiger partial charge in [-0.1, -0.05) is 43.2 Å². The smallest absolute Gasteiger partial charge is 0.0821 e. The molecule has 3 rings (SSSR count). The van der Waals surface area contributed by atoms with E-state index in [1.165, 1.54) is 37.7 Å². The van der Waals surface area contributed by atoms with Crippen molar-refractivity contribution < 1.29 is 5.11 Å². The van der Waals surface area contributed by atoms with Crippen LogP contribution in [-0.4, -0.2) is 41.3 Å². The molecule has 1 saturated carbocycles. The van der Waals surface area contributed by atoms with E-state index in [9.17, 15) is 5.11 Å². The van der Waals surface area contributed by atoms with Crippen molar-refractivity contribution in [3.8, 4) is 0 Å². The molecule has 1 aromatic carbocycles. The molecule has 1 aliphatic heterocycles. The minimum absolute atomic E-state index is 0.171. The fourth-order valence-corrected chi connectivity index (χ4v) is 4.13. The molecule has 4 unspecified atom stereocenters. The van der Waals surface area contributed by atoms with E-state index in [0.717, 1.165) is 25.4 Å². The second-order valence-electron chi connectivity index (χ2n) is 6.82. The summed E-state index contributed by atoms with van der Waals surface area (Å²) < 4.78 is 0. The summed E-state index contributed by atoms with van der Waals surface area (Å²) in [5.74, 6) is 0.872. The lowest BCUT2D eigenvalue weighted by atomic mass is 9.85. The van der Waals surface area contributed by atoms with Crippen LogP contribution < -0.4 is 5.73 Å². The summed E-state index contributed by atoms with van der Waals surface area (Å²) in [6.07, 6.45) is 7.08. The minimum Gasteiger partial charge on any atom is -0.390 e. The Hall–Kier alpha value is -0.900. The van der Waals surface area contributed by atoms with Crippen molar-refractivity contribution in [3.63, 3.8) is 0 Å². The lowest BCUT2D eigenvalue weighted by Crippen LogP contribution is -2.47. The second-order valence-corrected chi connectivity index (χ2v) is 6.82. The lowest BCUT2D eigenvalue weighted by molar-refractivity contribution is 0.0725. The molecule has 1 heterocycles. The standard InChI is InChI=1S/C18H28N2O/c19-16(12-14-6-2-1-3-7-14)18(21)13-20-11-10-15-8-4-5-9-17(15)20/h1-3,6-7,15-18,21H,4-5,8-13,19H2. The second kappa shape index (κ2) is 6.91. The Balaban J connectivity index is 1.52. The third-order valence-corrected chi connectivity index (χ3v) is 5.36. The number of fused-ring (bicyclic) bond motifs is 1. The summed E-state index contributed by atoms with van der Waals surface area (Å²) in [5.41, 5.74) is 7.43. The van der Waals surface area contributed by atoms with E-state index in [4.69, 9.17) is 5.73 Å². The van der Waals surface area contributed by atoms with E-state index >= 15 is 0 Å². The van der Waals surface area contributed by atoms with Gasteiger partial charge in [-0.15, -0.1) is 0 Å². The zero-order valence-electron chi connectivity index (χ0n) is 12.8. The van der Waals surface area contributed by atoms with Crippen molar-refractivity contribution >= 4 is 0 Å². The predicted octanol–water partition coefficient (Wildman–Crippen LogP) is 2.18. The van der Waals surface area contributed by atoms with E-state index in [1.54, 1.807) is 0 Å². The van der Waals surface area contributed by atoms with Crippen LogP contribution in [0.15, 0.2) is 30.3 Å². The summed E-state index contributed by atoms with van der Waals surface area (Å²) in [6.45, 7) is 1.89. The molecule has 3 N–H and O–H groups in total. The monoisotopic (exact) mass is 288 g/mol. The number of likely N-dealkylation sites (tertiary alicyclic amines) is 1. The first kappa shape index (κ1) is 15.0. The van der Waals surface area contributed by atoms with Gasteiger partial charge in [0.2, 0.25) is 0 Å². The van der Waals surface area contributed by atoms with Crippen molar-refractivity contribution in [2.75, 3.05) is 13.1 Å². The molecule has 4 atom stereocenters. The van der Waals surface area contributed by atoms with Gasteiger partial charge < -0.3 is 10.8 Å². The zero-order chi connectivity index (χ0) is 14.7. The highest BCUT2D eigenvalue weighted by molar-refractivity contribution is 5.16. The van der Waals surface area contributed by atoms with Crippen LogP contribution in [0.1, 0.15) is 37.7 Å². The quantitative estimate of drug-likeness (QED) is 0.873. The maximum Gasteiger partial charge on any atom is 0.0821 e.